The normalized spacial score (nSPS) is 18.9. The van der Waals surface area contributed by atoms with Gasteiger partial charge in [-0.25, -0.2) is 0 Å². The Balaban J connectivity index is 1.59. The van der Waals surface area contributed by atoms with E-state index in [-0.39, 0.29) is 30.2 Å². The molecular formula is C18H20N2O3. The van der Waals surface area contributed by atoms with Crippen LogP contribution in [-0.4, -0.2) is 23.3 Å². The Hall–Kier alpha value is -2.56. The molecule has 0 spiro atoms. The molecule has 2 aromatic rings. The van der Waals surface area contributed by atoms with Gasteiger partial charge in [0.15, 0.2) is 0 Å². The van der Waals surface area contributed by atoms with E-state index in [0.717, 1.165) is 5.56 Å². The van der Waals surface area contributed by atoms with Crippen LogP contribution in [0.2, 0.25) is 0 Å². The number of rotatable bonds is 5. The monoisotopic (exact) mass is 312 g/mol. The predicted octanol–water partition coefficient (Wildman–Crippen LogP) is 2.51. The van der Waals surface area contributed by atoms with Crippen LogP contribution < -0.4 is 5.32 Å². The Bertz CT molecular complexity index is 667. The quantitative estimate of drug-likeness (QED) is 0.922. The molecule has 0 saturated carbocycles. The van der Waals surface area contributed by atoms with Gasteiger partial charge in [-0.15, -0.1) is 0 Å². The van der Waals surface area contributed by atoms with E-state index in [1.165, 1.54) is 0 Å². The van der Waals surface area contributed by atoms with Gasteiger partial charge in [-0.1, -0.05) is 30.3 Å². The second-order valence-corrected chi connectivity index (χ2v) is 5.83. The first-order valence-electron chi connectivity index (χ1n) is 7.79. The number of hydrogen-bond donors (Lipinski definition) is 1. The van der Waals surface area contributed by atoms with Crippen molar-refractivity contribution in [1.82, 2.24) is 10.2 Å². The van der Waals surface area contributed by atoms with E-state index in [1.807, 2.05) is 43.3 Å². The van der Waals surface area contributed by atoms with Gasteiger partial charge in [0.05, 0.1) is 24.8 Å². The van der Waals surface area contributed by atoms with Gasteiger partial charge in [0.1, 0.15) is 5.76 Å². The first kappa shape index (κ1) is 15.3. The Labute approximate surface area is 135 Å². The van der Waals surface area contributed by atoms with Crippen LogP contribution in [0.1, 0.15) is 30.7 Å². The second kappa shape index (κ2) is 6.69. The van der Waals surface area contributed by atoms with Crippen LogP contribution >= 0.6 is 0 Å². The highest BCUT2D eigenvalue weighted by atomic mass is 16.3. The SMILES string of the molecule is C[C@@H](c1ccccc1)N1C[C@H](C(=O)NCc2ccco2)CC1=O. The summed E-state index contributed by atoms with van der Waals surface area (Å²) in [5.41, 5.74) is 1.08. The van der Waals surface area contributed by atoms with E-state index in [4.69, 9.17) is 4.42 Å². The summed E-state index contributed by atoms with van der Waals surface area (Å²) in [6, 6.07) is 13.4. The molecule has 3 rings (SSSR count). The maximum Gasteiger partial charge on any atom is 0.225 e. The highest BCUT2D eigenvalue weighted by Gasteiger charge is 2.36. The van der Waals surface area contributed by atoms with Gasteiger partial charge >= 0.3 is 0 Å². The fourth-order valence-corrected chi connectivity index (χ4v) is 2.92. The number of likely N-dealkylation sites (tertiary alicyclic amines) is 1. The lowest BCUT2D eigenvalue weighted by Gasteiger charge is -2.25. The van der Waals surface area contributed by atoms with Crippen molar-refractivity contribution in [3.05, 3.63) is 60.1 Å². The Morgan fingerprint density at radius 3 is 2.78 bits per heavy atom. The minimum absolute atomic E-state index is 0.0217. The number of amides is 2. The first-order valence-corrected chi connectivity index (χ1v) is 7.79. The number of nitrogens with zero attached hydrogens (tertiary/aromatic N) is 1. The van der Waals surface area contributed by atoms with Crippen LogP contribution in [0.25, 0.3) is 0 Å². The van der Waals surface area contributed by atoms with Crippen LogP contribution in [0.5, 0.6) is 0 Å². The standard InChI is InChI=1S/C18H20N2O3/c1-13(14-6-3-2-4-7-14)20-12-15(10-17(20)21)18(22)19-11-16-8-5-9-23-16/h2-9,13,15H,10-12H2,1H3,(H,19,22)/t13-,15+/m0/s1. The van der Waals surface area contributed by atoms with E-state index >= 15 is 0 Å². The summed E-state index contributed by atoms with van der Waals surface area (Å²) in [5.74, 6) is 0.331. The number of hydrogen-bond acceptors (Lipinski definition) is 3. The molecule has 1 aliphatic heterocycles. The molecule has 0 bridgehead atoms. The van der Waals surface area contributed by atoms with Crippen LogP contribution in [0, 0.1) is 5.92 Å². The van der Waals surface area contributed by atoms with Crippen molar-refractivity contribution in [2.24, 2.45) is 5.92 Å². The molecule has 1 aromatic carbocycles. The molecule has 0 unspecified atom stereocenters. The largest absolute Gasteiger partial charge is 0.467 e. The van der Waals surface area contributed by atoms with Crippen LogP contribution in [0.15, 0.2) is 53.1 Å². The smallest absolute Gasteiger partial charge is 0.225 e. The molecule has 2 atom stereocenters. The lowest BCUT2D eigenvalue weighted by atomic mass is 10.1. The van der Waals surface area contributed by atoms with Crippen molar-refractivity contribution in [3.63, 3.8) is 0 Å². The van der Waals surface area contributed by atoms with E-state index in [9.17, 15) is 9.59 Å². The summed E-state index contributed by atoms with van der Waals surface area (Å²) in [4.78, 5) is 26.3. The van der Waals surface area contributed by atoms with E-state index in [0.29, 0.717) is 18.8 Å². The van der Waals surface area contributed by atoms with Gasteiger partial charge in [-0.3, -0.25) is 9.59 Å². The fourth-order valence-electron chi connectivity index (χ4n) is 2.92. The summed E-state index contributed by atoms with van der Waals surface area (Å²) < 4.78 is 5.19. The van der Waals surface area contributed by atoms with E-state index in [2.05, 4.69) is 5.32 Å². The lowest BCUT2D eigenvalue weighted by Crippen LogP contribution is -2.33. The van der Waals surface area contributed by atoms with Crippen molar-refractivity contribution in [1.29, 1.82) is 0 Å². The zero-order valence-corrected chi connectivity index (χ0v) is 13.1. The molecule has 1 aromatic heterocycles. The van der Waals surface area contributed by atoms with Gasteiger partial charge < -0.3 is 14.6 Å². The Morgan fingerprint density at radius 2 is 2.09 bits per heavy atom. The van der Waals surface area contributed by atoms with Gasteiger partial charge in [-0.05, 0) is 24.6 Å². The molecule has 1 N–H and O–H groups in total. The summed E-state index contributed by atoms with van der Waals surface area (Å²) in [6.07, 6.45) is 1.84. The molecule has 5 heteroatoms. The van der Waals surface area contributed by atoms with Crippen molar-refractivity contribution in [2.75, 3.05) is 6.54 Å². The highest BCUT2D eigenvalue weighted by molar-refractivity contribution is 5.89. The maximum atomic E-state index is 12.3. The molecule has 2 heterocycles. The summed E-state index contributed by atoms with van der Waals surface area (Å²) in [7, 11) is 0. The average Bonchev–Trinajstić information content (AvgIpc) is 3.22. The van der Waals surface area contributed by atoms with Crippen LogP contribution in [0.3, 0.4) is 0 Å². The van der Waals surface area contributed by atoms with Gasteiger partial charge in [0, 0.05) is 13.0 Å². The highest BCUT2D eigenvalue weighted by Crippen LogP contribution is 2.28. The first-order chi connectivity index (χ1) is 11.1. The zero-order valence-electron chi connectivity index (χ0n) is 13.1. The van der Waals surface area contributed by atoms with Gasteiger partial charge in [-0.2, -0.15) is 0 Å². The predicted molar refractivity (Wildman–Crippen MR) is 85.2 cm³/mol. The maximum absolute atomic E-state index is 12.3. The third-order valence-corrected chi connectivity index (χ3v) is 4.30. The number of carbonyl (C=O) groups is 2. The van der Waals surface area contributed by atoms with Crippen LogP contribution in [0.4, 0.5) is 0 Å². The second-order valence-electron chi connectivity index (χ2n) is 5.83. The summed E-state index contributed by atoms with van der Waals surface area (Å²) in [6.45, 7) is 2.81. The molecule has 1 fully saturated rings. The third-order valence-electron chi connectivity index (χ3n) is 4.30. The minimum Gasteiger partial charge on any atom is -0.467 e. The van der Waals surface area contributed by atoms with Crippen molar-refractivity contribution < 1.29 is 14.0 Å². The molecule has 0 radical (unpaired) electrons. The molecule has 2 amide bonds. The minimum atomic E-state index is -0.302. The van der Waals surface area contributed by atoms with Crippen molar-refractivity contribution in [2.45, 2.75) is 25.9 Å². The van der Waals surface area contributed by atoms with Crippen LogP contribution in [-0.2, 0) is 16.1 Å². The Kier molecular flexibility index (Phi) is 4.46. The molecule has 1 aliphatic rings. The van der Waals surface area contributed by atoms with E-state index < -0.39 is 0 Å². The number of nitrogens with one attached hydrogen (secondary N) is 1. The lowest BCUT2D eigenvalue weighted by molar-refractivity contribution is -0.130. The molecule has 120 valence electrons. The number of carbonyl (C=O) groups excluding carboxylic acids is 2. The summed E-state index contributed by atoms with van der Waals surface area (Å²) >= 11 is 0. The molecule has 0 aliphatic carbocycles. The van der Waals surface area contributed by atoms with Crippen molar-refractivity contribution >= 4 is 11.8 Å². The number of benzene rings is 1. The summed E-state index contributed by atoms with van der Waals surface area (Å²) in [5, 5.41) is 2.84. The topological polar surface area (TPSA) is 62.6 Å². The zero-order chi connectivity index (χ0) is 16.2. The average molecular weight is 312 g/mol. The molecule has 5 nitrogen and oxygen atoms in total. The molecule has 1 saturated heterocycles. The van der Waals surface area contributed by atoms with Gasteiger partial charge in [0.25, 0.3) is 0 Å². The van der Waals surface area contributed by atoms with E-state index in [1.54, 1.807) is 17.2 Å². The van der Waals surface area contributed by atoms with Crippen molar-refractivity contribution in [3.8, 4) is 0 Å². The molecular weight excluding hydrogens is 292 g/mol. The third kappa shape index (κ3) is 3.44. The number of furan rings is 1. The van der Waals surface area contributed by atoms with Gasteiger partial charge in [0.2, 0.25) is 11.8 Å². The fraction of sp³-hybridized carbons (Fsp3) is 0.333. The Morgan fingerprint density at radius 1 is 1.30 bits per heavy atom. The molecule has 23 heavy (non-hydrogen) atoms.